The Morgan fingerprint density at radius 1 is 0.900 bits per heavy atom. The minimum Gasteiger partial charge on any atom is -0.439 e. The molecule has 4 rings (SSSR count). The predicted molar refractivity (Wildman–Crippen MR) is 105 cm³/mol. The molecular weight excluding hydrogens is 417 g/mol. The first-order valence-electron chi connectivity index (χ1n) is 8.92. The van der Waals surface area contributed by atoms with E-state index in [0.29, 0.717) is 27.8 Å². The molecule has 0 saturated heterocycles. The van der Waals surface area contributed by atoms with Gasteiger partial charge in [-0.25, -0.2) is 18.2 Å². The molecule has 0 radical (unpaired) electrons. The average molecular weight is 431 g/mol. The van der Waals surface area contributed by atoms with Crippen molar-refractivity contribution in [3.05, 3.63) is 100 Å². The van der Waals surface area contributed by atoms with Gasteiger partial charge < -0.3 is 9.32 Å². The van der Waals surface area contributed by atoms with Crippen LogP contribution in [0.1, 0.15) is 21.8 Å². The summed E-state index contributed by atoms with van der Waals surface area (Å²) in [4.78, 5) is 18.7. The number of nitrogens with zero attached hydrogens (tertiary/aromatic N) is 2. The van der Waals surface area contributed by atoms with E-state index < -0.39 is 23.4 Å². The summed E-state index contributed by atoms with van der Waals surface area (Å²) >= 11 is 5.97. The summed E-state index contributed by atoms with van der Waals surface area (Å²) in [6, 6.07) is 13.1. The first-order chi connectivity index (χ1) is 14.4. The number of carbonyl (C=O) groups excluding carboxylic acids is 1. The van der Waals surface area contributed by atoms with Crippen LogP contribution in [0.15, 0.2) is 65.1 Å². The lowest BCUT2D eigenvalue weighted by Crippen LogP contribution is -2.30. The van der Waals surface area contributed by atoms with E-state index in [1.807, 2.05) is 0 Å². The molecule has 3 aromatic carbocycles. The van der Waals surface area contributed by atoms with Crippen LogP contribution in [0, 0.1) is 17.5 Å². The molecule has 1 amide bonds. The fourth-order valence-electron chi connectivity index (χ4n) is 3.05. The molecular formula is C22H14ClF3N2O2. The number of hydrogen-bond donors (Lipinski definition) is 0. The number of benzene rings is 3. The SMILES string of the molecule is O=C(c1cc(F)cc(F)c1)N(Cc1ccc(F)cc1)Cc1nc2cc(Cl)ccc2o1. The van der Waals surface area contributed by atoms with Crippen molar-refractivity contribution < 1.29 is 22.4 Å². The summed E-state index contributed by atoms with van der Waals surface area (Å²) in [6.45, 7) is -0.0165. The van der Waals surface area contributed by atoms with E-state index in [0.717, 1.165) is 12.1 Å². The minimum absolute atomic E-state index is 0.0523. The molecule has 0 saturated carbocycles. The molecule has 0 fully saturated rings. The number of rotatable bonds is 5. The molecule has 30 heavy (non-hydrogen) atoms. The third kappa shape index (κ3) is 4.46. The van der Waals surface area contributed by atoms with Crippen molar-refractivity contribution in [2.45, 2.75) is 13.1 Å². The first kappa shape index (κ1) is 20.0. The summed E-state index contributed by atoms with van der Waals surface area (Å²) < 4.78 is 46.2. The van der Waals surface area contributed by atoms with Crippen molar-refractivity contribution in [1.29, 1.82) is 0 Å². The molecule has 152 valence electrons. The molecule has 0 spiro atoms. The average Bonchev–Trinajstić information content (AvgIpc) is 3.09. The van der Waals surface area contributed by atoms with E-state index in [-0.39, 0.29) is 24.5 Å². The lowest BCUT2D eigenvalue weighted by molar-refractivity contribution is 0.0714. The molecule has 0 unspecified atom stereocenters. The lowest BCUT2D eigenvalue weighted by atomic mass is 10.1. The third-order valence-corrected chi connectivity index (χ3v) is 4.64. The fourth-order valence-corrected chi connectivity index (χ4v) is 3.22. The molecule has 0 atom stereocenters. The van der Waals surface area contributed by atoms with Crippen LogP contribution in [-0.4, -0.2) is 15.8 Å². The Bertz CT molecular complexity index is 1200. The van der Waals surface area contributed by atoms with Gasteiger partial charge in [0.15, 0.2) is 5.58 Å². The standard InChI is InChI=1S/C22H14ClF3N2O2/c23-15-3-6-20-19(9-15)27-21(30-20)12-28(11-13-1-4-16(24)5-2-13)22(29)14-7-17(25)10-18(26)8-14/h1-10H,11-12H2. The summed E-state index contributed by atoms with van der Waals surface area (Å²) in [5.41, 5.74) is 1.47. The van der Waals surface area contributed by atoms with Gasteiger partial charge in [-0.05, 0) is 48.0 Å². The second-order valence-electron chi connectivity index (χ2n) is 6.67. The van der Waals surface area contributed by atoms with Gasteiger partial charge in [0.1, 0.15) is 23.0 Å². The van der Waals surface area contributed by atoms with Crippen molar-refractivity contribution in [2.24, 2.45) is 0 Å². The van der Waals surface area contributed by atoms with E-state index in [1.54, 1.807) is 18.2 Å². The second kappa shape index (κ2) is 8.20. The number of hydrogen-bond acceptors (Lipinski definition) is 3. The van der Waals surface area contributed by atoms with Gasteiger partial charge in [0.2, 0.25) is 5.89 Å². The van der Waals surface area contributed by atoms with Crippen molar-refractivity contribution >= 4 is 28.6 Å². The molecule has 1 aromatic heterocycles. The molecule has 0 aliphatic rings. The van der Waals surface area contributed by atoms with Crippen LogP contribution in [0.3, 0.4) is 0 Å². The maximum atomic E-state index is 13.6. The fraction of sp³-hybridized carbons (Fsp3) is 0.0909. The van der Waals surface area contributed by atoms with E-state index in [2.05, 4.69) is 4.98 Å². The Kier molecular flexibility index (Phi) is 5.46. The van der Waals surface area contributed by atoms with Gasteiger partial charge in [-0.15, -0.1) is 0 Å². The normalized spacial score (nSPS) is 11.1. The van der Waals surface area contributed by atoms with Crippen LogP contribution in [-0.2, 0) is 13.1 Å². The zero-order valence-corrected chi connectivity index (χ0v) is 16.2. The van der Waals surface area contributed by atoms with Gasteiger partial charge >= 0.3 is 0 Å². The zero-order valence-electron chi connectivity index (χ0n) is 15.4. The molecule has 0 aliphatic carbocycles. The van der Waals surface area contributed by atoms with Crippen LogP contribution >= 0.6 is 11.6 Å². The van der Waals surface area contributed by atoms with Crippen LogP contribution in [0.2, 0.25) is 5.02 Å². The zero-order chi connectivity index (χ0) is 21.3. The smallest absolute Gasteiger partial charge is 0.254 e. The molecule has 1 heterocycles. The molecule has 4 aromatic rings. The third-order valence-electron chi connectivity index (χ3n) is 4.40. The highest BCUT2D eigenvalue weighted by atomic mass is 35.5. The van der Waals surface area contributed by atoms with E-state index in [4.69, 9.17) is 16.0 Å². The highest BCUT2D eigenvalue weighted by Gasteiger charge is 2.21. The highest BCUT2D eigenvalue weighted by molar-refractivity contribution is 6.31. The minimum atomic E-state index is -0.864. The maximum Gasteiger partial charge on any atom is 0.254 e. The number of oxazole rings is 1. The Morgan fingerprint density at radius 3 is 2.30 bits per heavy atom. The van der Waals surface area contributed by atoms with Crippen molar-refractivity contribution in [2.75, 3.05) is 0 Å². The summed E-state index contributed by atoms with van der Waals surface area (Å²) in [7, 11) is 0. The first-order valence-corrected chi connectivity index (χ1v) is 9.30. The van der Waals surface area contributed by atoms with Crippen molar-refractivity contribution in [3.8, 4) is 0 Å². The molecule has 0 bridgehead atoms. The molecule has 0 N–H and O–H groups in total. The van der Waals surface area contributed by atoms with Gasteiger partial charge in [0.05, 0.1) is 6.54 Å². The number of amides is 1. The molecule has 4 nitrogen and oxygen atoms in total. The van der Waals surface area contributed by atoms with E-state index >= 15 is 0 Å². The van der Waals surface area contributed by atoms with E-state index in [9.17, 15) is 18.0 Å². The maximum absolute atomic E-state index is 13.6. The van der Waals surface area contributed by atoms with Crippen LogP contribution in [0.4, 0.5) is 13.2 Å². The molecule has 8 heteroatoms. The van der Waals surface area contributed by atoms with Gasteiger partial charge in [-0.3, -0.25) is 4.79 Å². The van der Waals surface area contributed by atoms with Gasteiger partial charge in [0, 0.05) is 23.2 Å². The Labute approximate surface area is 174 Å². The summed E-state index contributed by atoms with van der Waals surface area (Å²) in [6.07, 6.45) is 0. The number of fused-ring (bicyclic) bond motifs is 1. The number of aromatic nitrogens is 1. The topological polar surface area (TPSA) is 46.3 Å². The van der Waals surface area contributed by atoms with E-state index in [1.165, 1.54) is 29.2 Å². The predicted octanol–water partition coefficient (Wildman–Crippen LogP) is 5.74. The summed E-state index contributed by atoms with van der Waals surface area (Å²) in [5, 5.41) is 0.483. The largest absolute Gasteiger partial charge is 0.439 e. The molecule has 0 aliphatic heterocycles. The second-order valence-corrected chi connectivity index (χ2v) is 7.10. The van der Waals surface area contributed by atoms with Gasteiger partial charge in [-0.1, -0.05) is 23.7 Å². The monoisotopic (exact) mass is 430 g/mol. The number of halogens is 4. The lowest BCUT2D eigenvalue weighted by Gasteiger charge is -2.21. The van der Waals surface area contributed by atoms with Gasteiger partial charge in [0.25, 0.3) is 5.91 Å². The number of carbonyl (C=O) groups is 1. The Balaban J connectivity index is 1.67. The quantitative estimate of drug-likeness (QED) is 0.405. The summed E-state index contributed by atoms with van der Waals surface area (Å²) in [5.74, 6) is -2.55. The van der Waals surface area contributed by atoms with Gasteiger partial charge in [-0.2, -0.15) is 0 Å². The van der Waals surface area contributed by atoms with Crippen molar-refractivity contribution in [3.63, 3.8) is 0 Å². The van der Waals surface area contributed by atoms with Crippen LogP contribution in [0.25, 0.3) is 11.1 Å². The van der Waals surface area contributed by atoms with Crippen LogP contribution in [0.5, 0.6) is 0 Å². The Morgan fingerprint density at radius 2 is 1.60 bits per heavy atom. The highest BCUT2D eigenvalue weighted by Crippen LogP contribution is 2.22. The Hall–Kier alpha value is -3.32. The van der Waals surface area contributed by atoms with Crippen LogP contribution < -0.4 is 0 Å². The van der Waals surface area contributed by atoms with Crippen molar-refractivity contribution in [1.82, 2.24) is 9.88 Å².